The van der Waals surface area contributed by atoms with Crippen LogP contribution in [0.15, 0.2) is 18.3 Å². The Hall–Kier alpha value is -0.970. The molecular formula is C15H26N4. The van der Waals surface area contributed by atoms with Crippen LogP contribution in [0.2, 0.25) is 0 Å². The van der Waals surface area contributed by atoms with E-state index in [2.05, 4.69) is 40.8 Å². The van der Waals surface area contributed by atoms with Gasteiger partial charge in [0.2, 0.25) is 0 Å². The fourth-order valence-corrected chi connectivity index (χ4v) is 2.95. The summed E-state index contributed by atoms with van der Waals surface area (Å²) in [7, 11) is 0. The molecule has 0 amide bonds. The number of hydrogen-bond donors (Lipinski definition) is 1. The zero-order valence-electron chi connectivity index (χ0n) is 12.3. The van der Waals surface area contributed by atoms with Crippen LogP contribution in [0.25, 0.3) is 0 Å². The third-order valence-electron chi connectivity index (χ3n) is 4.19. The lowest BCUT2D eigenvalue weighted by Crippen LogP contribution is -2.53. The third kappa shape index (κ3) is 3.32. The van der Waals surface area contributed by atoms with Crippen LogP contribution in [-0.4, -0.2) is 53.5 Å². The number of rotatable bonds is 4. The molecule has 0 aliphatic carbocycles. The van der Waals surface area contributed by atoms with E-state index >= 15 is 0 Å². The Morgan fingerprint density at radius 1 is 1.42 bits per heavy atom. The zero-order chi connectivity index (χ0) is 13.8. The molecule has 1 aromatic rings. The van der Waals surface area contributed by atoms with E-state index in [4.69, 9.17) is 5.73 Å². The Balaban J connectivity index is 2.08. The molecule has 2 heterocycles. The number of nitrogens with two attached hydrogens (primary N) is 1. The first-order valence-electron chi connectivity index (χ1n) is 7.26. The van der Waals surface area contributed by atoms with Gasteiger partial charge in [0.05, 0.1) is 0 Å². The van der Waals surface area contributed by atoms with Gasteiger partial charge >= 0.3 is 0 Å². The Labute approximate surface area is 116 Å². The molecule has 0 spiro atoms. The molecule has 0 bridgehead atoms. The van der Waals surface area contributed by atoms with Gasteiger partial charge in [0.25, 0.3) is 0 Å². The highest BCUT2D eigenvalue weighted by Crippen LogP contribution is 2.22. The largest absolute Gasteiger partial charge is 0.329 e. The zero-order valence-corrected chi connectivity index (χ0v) is 12.3. The lowest BCUT2D eigenvalue weighted by Gasteiger charge is -2.42. The van der Waals surface area contributed by atoms with Gasteiger partial charge in [0.15, 0.2) is 0 Å². The van der Waals surface area contributed by atoms with E-state index < -0.39 is 0 Å². The normalized spacial score (nSPS) is 23.5. The summed E-state index contributed by atoms with van der Waals surface area (Å²) in [6, 6.07) is 5.14. The van der Waals surface area contributed by atoms with Gasteiger partial charge in [-0.2, -0.15) is 0 Å². The summed E-state index contributed by atoms with van der Waals surface area (Å²) in [4.78, 5) is 9.43. The average molecular weight is 262 g/mol. The van der Waals surface area contributed by atoms with E-state index in [0.29, 0.717) is 18.6 Å². The number of pyridine rings is 1. The number of aryl methyl sites for hydroxylation is 1. The fraction of sp³-hybridized carbons (Fsp3) is 0.667. The monoisotopic (exact) mass is 262 g/mol. The molecule has 0 radical (unpaired) electrons. The number of likely N-dealkylation sites (N-methyl/N-ethyl adjacent to an activating group) is 1. The lowest BCUT2D eigenvalue weighted by molar-refractivity contribution is 0.0605. The van der Waals surface area contributed by atoms with Gasteiger partial charge in [0.1, 0.15) is 0 Å². The molecule has 2 N–H and O–H groups in total. The summed E-state index contributed by atoms with van der Waals surface area (Å²) in [5, 5.41) is 0. The third-order valence-corrected chi connectivity index (χ3v) is 4.19. The van der Waals surface area contributed by atoms with Crippen LogP contribution in [0.5, 0.6) is 0 Å². The van der Waals surface area contributed by atoms with E-state index in [-0.39, 0.29) is 0 Å². The van der Waals surface area contributed by atoms with Crippen molar-refractivity contribution in [2.45, 2.75) is 32.9 Å². The predicted molar refractivity (Wildman–Crippen MR) is 79.1 cm³/mol. The first-order chi connectivity index (χ1) is 9.15. The molecule has 2 atom stereocenters. The number of nitrogens with zero attached hydrogens (tertiary/aromatic N) is 3. The molecule has 1 aliphatic rings. The Bertz CT molecular complexity index is 390. The molecule has 1 aromatic heterocycles. The molecular weight excluding hydrogens is 236 g/mol. The average Bonchev–Trinajstić information content (AvgIpc) is 2.42. The Kier molecular flexibility index (Phi) is 4.91. The van der Waals surface area contributed by atoms with Crippen LogP contribution < -0.4 is 5.73 Å². The van der Waals surface area contributed by atoms with Crippen molar-refractivity contribution in [2.75, 3.05) is 32.7 Å². The summed E-state index contributed by atoms with van der Waals surface area (Å²) in [6.07, 6.45) is 1.98. The highest BCUT2D eigenvalue weighted by Gasteiger charge is 2.27. The van der Waals surface area contributed by atoms with Gasteiger partial charge in [-0.15, -0.1) is 0 Å². The van der Waals surface area contributed by atoms with E-state index in [1.165, 1.54) is 5.56 Å². The summed E-state index contributed by atoms with van der Waals surface area (Å²) in [6.45, 7) is 11.7. The number of aromatic nitrogens is 1. The molecule has 4 nitrogen and oxygen atoms in total. The van der Waals surface area contributed by atoms with Crippen LogP contribution in [0, 0.1) is 6.92 Å². The predicted octanol–water partition coefficient (Wildman–Crippen LogP) is 1.42. The molecule has 1 saturated heterocycles. The SMILES string of the molecule is CCN1CCN(C(CN)c2ccc(C)nc2)CC1C. The van der Waals surface area contributed by atoms with Crippen LogP contribution in [-0.2, 0) is 0 Å². The second kappa shape index (κ2) is 6.46. The summed E-state index contributed by atoms with van der Waals surface area (Å²) in [5.74, 6) is 0. The maximum Gasteiger partial charge on any atom is 0.0486 e. The maximum atomic E-state index is 6.00. The van der Waals surface area contributed by atoms with Crippen LogP contribution in [0.4, 0.5) is 0 Å². The van der Waals surface area contributed by atoms with Gasteiger partial charge in [-0.1, -0.05) is 13.0 Å². The minimum absolute atomic E-state index is 0.301. The topological polar surface area (TPSA) is 45.4 Å². The Morgan fingerprint density at radius 3 is 2.74 bits per heavy atom. The van der Waals surface area contributed by atoms with Gasteiger partial charge in [-0.05, 0) is 32.0 Å². The van der Waals surface area contributed by atoms with Crippen molar-refractivity contribution < 1.29 is 0 Å². The van der Waals surface area contributed by atoms with E-state index in [0.717, 1.165) is 31.9 Å². The Morgan fingerprint density at radius 2 is 2.21 bits per heavy atom. The van der Waals surface area contributed by atoms with Gasteiger partial charge in [-0.25, -0.2) is 0 Å². The van der Waals surface area contributed by atoms with E-state index in [9.17, 15) is 0 Å². The minimum atomic E-state index is 0.301. The number of hydrogen-bond acceptors (Lipinski definition) is 4. The molecule has 106 valence electrons. The standard InChI is InChI=1S/C15H26N4/c1-4-18-7-8-19(11-13(18)3)15(9-16)14-6-5-12(2)17-10-14/h5-6,10,13,15H,4,7-9,11,16H2,1-3H3. The van der Waals surface area contributed by atoms with Crippen molar-refractivity contribution in [3.05, 3.63) is 29.6 Å². The first-order valence-corrected chi connectivity index (χ1v) is 7.26. The van der Waals surface area contributed by atoms with Crippen molar-refractivity contribution in [3.63, 3.8) is 0 Å². The van der Waals surface area contributed by atoms with Crippen molar-refractivity contribution in [2.24, 2.45) is 5.73 Å². The van der Waals surface area contributed by atoms with Crippen LogP contribution in [0.3, 0.4) is 0 Å². The second-order valence-corrected chi connectivity index (χ2v) is 5.46. The van der Waals surface area contributed by atoms with Crippen LogP contribution in [0.1, 0.15) is 31.1 Å². The quantitative estimate of drug-likeness (QED) is 0.891. The van der Waals surface area contributed by atoms with E-state index in [1.54, 1.807) is 0 Å². The molecule has 1 aliphatic heterocycles. The second-order valence-electron chi connectivity index (χ2n) is 5.46. The smallest absolute Gasteiger partial charge is 0.0486 e. The van der Waals surface area contributed by atoms with Crippen molar-refractivity contribution in [1.82, 2.24) is 14.8 Å². The molecule has 1 fully saturated rings. The van der Waals surface area contributed by atoms with Gasteiger partial charge in [-0.3, -0.25) is 14.8 Å². The molecule has 2 unspecified atom stereocenters. The highest BCUT2D eigenvalue weighted by atomic mass is 15.3. The van der Waals surface area contributed by atoms with Crippen molar-refractivity contribution >= 4 is 0 Å². The van der Waals surface area contributed by atoms with Crippen molar-refractivity contribution in [3.8, 4) is 0 Å². The molecule has 19 heavy (non-hydrogen) atoms. The maximum absolute atomic E-state index is 6.00. The van der Waals surface area contributed by atoms with Gasteiger partial charge < -0.3 is 5.73 Å². The minimum Gasteiger partial charge on any atom is -0.329 e. The van der Waals surface area contributed by atoms with E-state index in [1.807, 2.05) is 13.1 Å². The summed E-state index contributed by atoms with van der Waals surface area (Å²) in [5.41, 5.74) is 8.30. The first kappa shape index (κ1) is 14.4. The molecule has 0 aromatic carbocycles. The van der Waals surface area contributed by atoms with Crippen LogP contribution >= 0.6 is 0 Å². The number of piperazine rings is 1. The molecule has 2 rings (SSSR count). The summed E-state index contributed by atoms with van der Waals surface area (Å²) >= 11 is 0. The van der Waals surface area contributed by atoms with Crippen molar-refractivity contribution in [1.29, 1.82) is 0 Å². The highest BCUT2D eigenvalue weighted by molar-refractivity contribution is 5.18. The molecule has 4 heteroatoms. The fourth-order valence-electron chi connectivity index (χ4n) is 2.95. The molecule has 0 saturated carbocycles. The lowest BCUT2D eigenvalue weighted by atomic mass is 10.0. The summed E-state index contributed by atoms with van der Waals surface area (Å²) < 4.78 is 0. The van der Waals surface area contributed by atoms with Gasteiger partial charge in [0, 0.05) is 50.2 Å².